The van der Waals surface area contributed by atoms with Gasteiger partial charge in [-0.05, 0) is 43.9 Å². The quantitative estimate of drug-likeness (QED) is 0.608. The number of hydrogen-bond acceptors (Lipinski definition) is 3. The summed E-state index contributed by atoms with van der Waals surface area (Å²) in [7, 11) is 0. The van der Waals surface area contributed by atoms with Gasteiger partial charge in [0.05, 0.1) is 11.0 Å². The Kier molecular flexibility index (Phi) is 5.43. The Labute approximate surface area is 152 Å². The van der Waals surface area contributed by atoms with Gasteiger partial charge in [0.15, 0.2) is 5.16 Å². The molecule has 1 heterocycles. The largest absolute Gasteiger partial charge is 0.309 e. The molecule has 0 unspecified atom stereocenters. The van der Waals surface area contributed by atoms with Gasteiger partial charge >= 0.3 is 0 Å². The van der Waals surface area contributed by atoms with E-state index < -0.39 is 0 Å². The normalized spacial score (nSPS) is 11.2. The number of nitrogens with zero attached hydrogens (tertiary/aromatic N) is 3. The number of hydrogen-bond donors (Lipinski definition) is 0. The number of amides is 1. The lowest BCUT2D eigenvalue weighted by Crippen LogP contribution is -2.39. The number of aromatic nitrogens is 2. The predicted molar refractivity (Wildman–Crippen MR) is 105 cm³/mol. The molecule has 0 saturated heterocycles. The number of rotatable bonds is 6. The van der Waals surface area contributed by atoms with Crippen LogP contribution in [0.1, 0.15) is 20.8 Å². The smallest absolute Gasteiger partial charge is 0.247 e. The van der Waals surface area contributed by atoms with Crippen molar-refractivity contribution < 1.29 is 4.79 Å². The molecule has 130 valence electrons. The van der Waals surface area contributed by atoms with Crippen LogP contribution in [0.25, 0.3) is 11.0 Å². The average molecular weight is 353 g/mol. The van der Waals surface area contributed by atoms with E-state index in [-0.39, 0.29) is 18.5 Å². The Morgan fingerprint density at radius 3 is 2.48 bits per heavy atom. The molecule has 1 aromatic heterocycles. The number of carbonyl (C=O) groups is 1. The van der Waals surface area contributed by atoms with E-state index in [1.165, 1.54) is 0 Å². The number of thioether (sulfide) groups is 1. The minimum Gasteiger partial charge on any atom is -0.309 e. The molecule has 0 N–H and O–H groups in total. The number of anilines is 1. The highest BCUT2D eigenvalue weighted by Gasteiger charge is 2.21. The van der Waals surface area contributed by atoms with Gasteiger partial charge in [-0.2, -0.15) is 0 Å². The first-order valence-corrected chi connectivity index (χ1v) is 9.55. The maximum atomic E-state index is 13.1. The molecule has 25 heavy (non-hydrogen) atoms. The topological polar surface area (TPSA) is 38.1 Å². The molecule has 0 aliphatic carbocycles. The van der Waals surface area contributed by atoms with Crippen LogP contribution >= 0.6 is 11.8 Å². The summed E-state index contributed by atoms with van der Waals surface area (Å²) in [6.45, 7) is 6.47. The summed E-state index contributed by atoms with van der Waals surface area (Å²) in [5, 5.41) is 0.897. The van der Waals surface area contributed by atoms with Crippen molar-refractivity contribution in [2.75, 3.05) is 10.7 Å². The number of fused-ring (bicyclic) bond motifs is 1. The summed E-state index contributed by atoms with van der Waals surface area (Å²) in [4.78, 5) is 19.7. The van der Waals surface area contributed by atoms with Crippen LogP contribution in [0.3, 0.4) is 0 Å². The van der Waals surface area contributed by atoms with Crippen molar-refractivity contribution in [1.82, 2.24) is 9.55 Å². The summed E-state index contributed by atoms with van der Waals surface area (Å²) < 4.78 is 2.03. The third-order valence-corrected chi connectivity index (χ3v) is 4.86. The molecule has 0 bridgehead atoms. The lowest BCUT2D eigenvalue weighted by Gasteiger charge is -2.27. The average Bonchev–Trinajstić information content (AvgIpc) is 2.94. The SMILES string of the molecule is CCSc1nc2ccccc2n1CC(=O)N(c1ccccc1)C(C)C. The van der Waals surface area contributed by atoms with Crippen molar-refractivity contribution in [2.45, 2.75) is 38.5 Å². The molecule has 1 amide bonds. The Balaban J connectivity index is 1.96. The number of carbonyl (C=O) groups excluding carboxylic acids is 1. The summed E-state index contributed by atoms with van der Waals surface area (Å²) in [5.74, 6) is 0.992. The molecule has 0 atom stereocenters. The zero-order chi connectivity index (χ0) is 17.8. The highest BCUT2D eigenvalue weighted by molar-refractivity contribution is 7.99. The Hall–Kier alpha value is -2.27. The lowest BCUT2D eigenvalue weighted by atomic mass is 10.2. The van der Waals surface area contributed by atoms with Crippen LogP contribution in [0.4, 0.5) is 5.69 Å². The first-order valence-electron chi connectivity index (χ1n) is 8.57. The minimum atomic E-state index is 0.0716. The number of imidazole rings is 1. The zero-order valence-electron chi connectivity index (χ0n) is 14.8. The monoisotopic (exact) mass is 353 g/mol. The molecule has 0 radical (unpaired) electrons. The van der Waals surface area contributed by atoms with Crippen LogP contribution in [0, 0.1) is 0 Å². The van der Waals surface area contributed by atoms with Crippen LogP contribution in [-0.2, 0) is 11.3 Å². The number of benzene rings is 2. The minimum absolute atomic E-state index is 0.0716. The highest BCUT2D eigenvalue weighted by atomic mass is 32.2. The third-order valence-electron chi connectivity index (χ3n) is 4.01. The molecule has 0 spiro atoms. The Morgan fingerprint density at radius 1 is 1.12 bits per heavy atom. The summed E-state index contributed by atoms with van der Waals surface area (Å²) in [6.07, 6.45) is 0. The van der Waals surface area contributed by atoms with Crippen molar-refractivity contribution in [3.8, 4) is 0 Å². The van der Waals surface area contributed by atoms with Gasteiger partial charge in [0.2, 0.25) is 5.91 Å². The molecule has 0 saturated carbocycles. The van der Waals surface area contributed by atoms with Crippen molar-refractivity contribution >= 4 is 34.4 Å². The second-order valence-electron chi connectivity index (χ2n) is 6.10. The fourth-order valence-electron chi connectivity index (χ4n) is 2.98. The fraction of sp³-hybridized carbons (Fsp3) is 0.300. The van der Waals surface area contributed by atoms with Crippen molar-refractivity contribution in [3.63, 3.8) is 0 Å². The lowest BCUT2D eigenvalue weighted by molar-refractivity contribution is -0.119. The van der Waals surface area contributed by atoms with Gasteiger partial charge in [-0.15, -0.1) is 0 Å². The second kappa shape index (κ2) is 7.74. The van der Waals surface area contributed by atoms with E-state index in [0.717, 1.165) is 27.6 Å². The molecule has 4 nitrogen and oxygen atoms in total. The molecule has 3 aromatic rings. The second-order valence-corrected chi connectivity index (χ2v) is 7.33. The van der Waals surface area contributed by atoms with Gasteiger partial charge < -0.3 is 9.47 Å². The highest BCUT2D eigenvalue weighted by Crippen LogP contribution is 2.25. The van der Waals surface area contributed by atoms with Gasteiger partial charge in [-0.25, -0.2) is 4.98 Å². The predicted octanol–water partition coefficient (Wildman–Crippen LogP) is 4.59. The van der Waals surface area contributed by atoms with E-state index in [9.17, 15) is 4.79 Å². The van der Waals surface area contributed by atoms with E-state index in [1.54, 1.807) is 11.8 Å². The Bertz CT molecular complexity index is 858. The van der Waals surface area contributed by atoms with Crippen LogP contribution in [0.5, 0.6) is 0 Å². The molecule has 2 aromatic carbocycles. The van der Waals surface area contributed by atoms with Gasteiger partial charge in [0.1, 0.15) is 6.54 Å². The van der Waals surface area contributed by atoms with Crippen LogP contribution in [0.15, 0.2) is 59.8 Å². The van der Waals surface area contributed by atoms with Gasteiger partial charge in [0.25, 0.3) is 0 Å². The van der Waals surface area contributed by atoms with E-state index in [2.05, 4.69) is 11.9 Å². The van der Waals surface area contributed by atoms with Crippen LogP contribution in [0.2, 0.25) is 0 Å². The molecular weight excluding hydrogens is 330 g/mol. The van der Waals surface area contributed by atoms with E-state index in [0.29, 0.717) is 0 Å². The molecular formula is C20H23N3OS. The summed E-state index contributed by atoms with van der Waals surface area (Å²) >= 11 is 1.67. The van der Waals surface area contributed by atoms with Crippen LogP contribution < -0.4 is 4.90 Å². The zero-order valence-corrected chi connectivity index (χ0v) is 15.7. The summed E-state index contributed by atoms with van der Waals surface area (Å²) in [5.41, 5.74) is 2.86. The molecule has 3 rings (SSSR count). The first-order chi connectivity index (χ1) is 12.1. The van der Waals surface area contributed by atoms with Crippen molar-refractivity contribution in [1.29, 1.82) is 0 Å². The van der Waals surface area contributed by atoms with Gasteiger partial charge in [0, 0.05) is 11.7 Å². The molecule has 0 aliphatic rings. The maximum absolute atomic E-state index is 13.1. The third kappa shape index (κ3) is 3.71. The van der Waals surface area contributed by atoms with E-state index in [4.69, 9.17) is 0 Å². The fourth-order valence-corrected chi connectivity index (χ4v) is 3.72. The van der Waals surface area contributed by atoms with E-state index >= 15 is 0 Å². The first kappa shape index (κ1) is 17.5. The standard InChI is InChI=1S/C20H23N3OS/c1-4-25-20-21-17-12-8-9-13-18(17)22(20)14-19(24)23(15(2)3)16-10-6-5-7-11-16/h5-13,15H,4,14H2,1-3H3. The molecule has 5 heteroatoms. The van der Waals surface area contributed by atoms with Gasteiger partial charge in [-0.3, -0.25) is 4.79 Å². The number of para-hydroxylation sites is 3. The van der Waals surface area contributed by atoms with Crippen LogP contribution in [-0.4, -0.2) is 27.3 Å². The van der Waals surface area contributed by atoms with Crippen molar-refractivity contribution in [2.24, 2.45) is 0 Å². The molecule has 0 aliphatic heterocycles. The van der Waals surface area contributed by atoms with E-state index in [1.807, 2.05) is 77.9 Å². The Morgan fingerprint density at radius 2 is 1.80 bits per heavy atom. The molecule has 0 fully saturated rings. The van der Waals surface area contributed by atoms with Gasteiger partial charge in [-0.1, -0.05) is 49.0 Å². The maximum Gasteiger partial charge on any atom is 0.247 e. The van der Waals surface area contributed by atoms with Crippen molar-refractivity contribution in [3.05, 3.63) is 54.6 Å². The summed E-state index contributed by atoms with van der Waals surface area (Å²) in [6, 6.07) is 17.9.